The zero-order chi connectivity index (χ0) is 40.2. The molecule has 0 bridgehead atoms. The number of nitrogens with zero attached hydrogens (tertiary/aromatic N) is 5. The summed E-state index contributed by atoms with van der Waals surface area (Å²) >= 11 is 0. The Hall–Kier alpha value is -5.41. The summed E-state index contributed by atoms with van der Waals surface area (Å²) < 4.78 is 17.8. The molecule has 2 fully saturated rings. The minimum absolute atomic E-state index is 0. The molecular weight excluding hydrogens is 727 g/mol. The Labute approximate surface area is 338 Å². The second kappa shape index (κ2) is 17.4. The Morgan fingerprint density at radius 1 is 0.877 bits per heavy atom. The van der Waals surface area contributed by atoms with Gasteiger partial charge in [-0.15, -0.1) is 0 Å². The largest absolute Gasteiger partial charge is 0.453 e. The molecule has 2 aromatic carbocycles. The van der Waals surface area contributed by atoms with Crippen molar-refractivity contribution >= 4 is 40.2 Å². The molecule has 0 saturated carbocycles. The highest BCUT2D eigenvalue weighted by atomic mass is 16.5. The predicted octanol–water partition coefficient (Wildman–Crippen LogP) is 7.42. The lowest BCUT2D eigenvalue weighted by Gasteiger charge is -2.29. The zero-order valence-electron chi connectivity index (χ0n) is 33.7. The molecule has 7 rings (SSSR count). The number of carbonyl (C=O) groups excluding carboxylic acids is 3. The number of H-pyrrole nitrogens is 2. The van der Waals surface area contributed by atoms with Crippen molar-refractivity contribution in [2.45, 2.75) is 84.1 Å². The molecule has 57 heavy (non-hydrogen) atoms. The van der Waals surface area contributed by atoms with Gasteiger partial charge in [0.25, 0.3) is 0 Å². The number of alkyl carbamates (subject to hydrolysis) is 2. The lowest BCUT2D eigenvalue weighted by atomic mass is 10.0. The fourth-order valence-electron chi connectivity index (χ4n) is 8.00. The first kappa shape index (κ1) is 39.8. The number of ether oxygens (including phenoxy) is 3. The molecule has 15 heteroatoms. The molecule has 3 aromatic heterocycles. The third kappa shape index (κ3) is 8.79. The number of fused-ring (bicyclic) bond motifs is 2. The third-order valence-electron chi connectivity index (χ3n) is 11.4. The predicted molar refractivity (Wildman–Crippen MR) is 226 cm³/mol. The molecule has 2 aliphatic heterocycles. The van der Waals surface area contributed by atoms with Crippen molar-refractivity contribution in [2.24, 2.45) is 11.8 Å². The number of amides is 3. The number of imidazole rings is 1. The summed E-state index contributed by atoms with van der Waals surface area (Å²) in [6.45, 7) is 11.3. The van der Waals surface area contributed by atoms with Gasteiger partial charge < -0.3 is 34.7 Å². The Kier molecular flexibility index (Phi) is 12.1. The van der Waals surface area contributed by atoms with Crippen molar-refractivity contribution in [3.63, 3.8) is 0 Å². The van der Waals surface area contributed by atoms with E-state index < -0.39 is 18.2 Å². The molecule has 4 atom stereocenters. The lowest BCUT2D eigenvalue weighted by molar-refractivity contribution is -0.135. The van der Waals surface area contributed by atoms with Crippen LogP contribution >= 0.6 is 0 Å². The monoisotopic (exact) mass is 789 g/mol. The van der Waals surface area contributed by atoms with E-state index in [2.05, 4.69) is 74.5 Å². The number of rotatable bonds is 14. The average Bonchev–Trinajstić information content (AvgIpc) is 3.98. The van der Waals surface area contributed by atoms with Crippen LogP contribution in [-0.2, 0) is 25.5 Å². The van der Waals surface area contributed by atoms with Crippen LogP contribution in [0.5, 0.6) is 0 Å². The van der Waals surface area contributed by atoms with Gasteiger partial charge in [0, 0.05) is 42.2 Å². The van der Waals surface area contributed by atoms with Crippen molar-refractivity contribution < 1.29 is 34.3 Å². The molecule has 4 N–H and O–H groups in total. The smallest absolute Gasteiger partial charge is 0.407 e. The molecule has 2 saturated heterocycles. The highest BCUT2D eigenvalue weighted by molar-refractivity contribution is 5.87. The first-order valence-electron chi connectivity index (χ1n) is 20.0. The highest BCUT2D eigenvalue weighted by Gasteiger charge is 2.37. The number of carbonyl (C=O) groups is 3. The van der Waals surface area contributed by atoms with Gasteiger partial charge in [0.05, 0.1) is 73.9 Å². The van der Waals surface area contributed by atoms with E-state index in [-0.39, 0.29) is 35.5 Å². The van der Waals surface area contributed by atoms with Crippen LogP contribution in [0.3, 0.4) is 0 Å². The lowest BCUT2D eigenvalue weighted by Crippen LogP contribution is -2.51. The van der Waals surface area contributed by atoms with Gasteiger partial charge in [0.1, 0.15) is 11.9 Å². The number of hydrogen-bond acceptors (Lipinski definition) is 9. The van der Waals surface area contributed by atoms with Gasteiger partial charge in [-0.2, -0.15) is 0 Å². The molecule has 5 aromatic rings. The van der Waals surface area contributed by atoms with Gasteiger partial charge >= 0.3 is 12.2 Å². The van der Waals surface area contributed by atoms with Gasteiger partial charge in [0.15, 0.2) is 0 Å². The van der Waals surface area contributed by atoms with Gasteiger partial charge in [-0.1, -0.05) is 45.9 Å². The number of methoxy groups -OCH3 is 2. The second-order valence-corrected chi connectivity index (χ2v) is 15.9. The summed E-state index contributed by atoms with van der Waals surface area (Å²) in [6.07, 6.45) is 4.71. The Morgan fingerprint density at radius 3 is 2.33 bits per heavy atom. The average molecular weight is 790 g/mol. The molecule has 15 nitrogen and oxygen atoms in total. The number of nitrogens with one attached hydrogen (secondary N) is 4. The summed E-state index contributed by atoms with van der Waals surface area (Å²) in [4.78, 5) is 54.7. The SMILES string of the molecule is COC(=O)N[C@H](C(=O)N1CCC[C@H]1c1nc2ccc(-c3ccc(-c4ccc5c(c4)[nH]n5C[C@@H]4CCCN4COC[C@@H](NC(=O)OC)C(C)C)nc3)cc2[nH]1)C(C)C.[HH].[HH].[HH].[HH]. The van der Waals surface area contributed by atoms with Crippen LogP contribution in [0.4, 0.5) is 9.59 Å². The Morgan fingerprint density at radius 2 is 1.61 bits per heavy atom. The van der Waals surface area contributed by atoms with E-state index in [1.54, 1.807) is 0 Å². The molecule has 5 heterocycles. The molecule has 0 aliphatic carbocycles. The maximum atomic E-state index is 13.6. The fourth-order valence-corrected chi connectivity index (χ4v) is 8.00. The number of benzene rings is 2. The second-order valence-electron chi connectivity index (χ2n) is 15.9. The van der Waals surface area contributed by atoms with Crippen LogP contribution in [0.15, 0.2) is 54.7 Å². The number of pyridine rings is 1. The van der Waals surface area contributed by atoms with E-state index in [9.17, 15) is 14.4 Å². The van der Waals surface area contributed by atoms with Crippen LogP contribution in [0.2, 0.25) is 0 Å². The van der Waals surface area contributed by atoms with E-state index in [0.717, 1.165) is 83.5 Å². The van der Waals surface area contributed by atoms with Gasteiger partial charge in [-0.3, -0.25) is 24.5 Å². The van der Waals surface area contributed by atoms with E-state index in [1.165, 1.54) is 19.7 Å². The zero-order valence-corrected chi connectivity index (χ0v) is 33.7. The van der Waals surface area contributed by atoms with Crippen molar-refractivity contribution in [2.75, 3.05) is 40.6 Å². The van der Waals surface area contributed by atoms with E-state index in [0.29, 0.717) is 25.9 Å². The minimum Gasteiger partial charge on any atom is -0.453 e. The van der Waals surface area contributed by atoms with Crippen molar-refractivity contribution in [1.29, 1.82) is 0 Å². The van der Waals surface area contributed by atoms with Crippen molar-refractivity contribution in [3.05, 3.63) is 60.6 Å². The number of hydrogen-bond donors (Lipinski definition) is 4. The topological polar surface area (TPSA) is 172 Å². The number of likely N-dealkylation sites (tertiary alicyclic amines) is 2. The molecule has 0 unspecified atom stereocenters. The summed E-state index contributed by atoms with van der Waals surface area (Å²) in [7, 11) is 2.67. The van der Waals surface area contributed by atoms with Crippen LogP contribution in [0.25, 0.3) is 44.5 Å². The fraction of sp³-hybridized carbons (Fsp3) is 0.500. The van der Waals surface area contributed by atoms with E-state index in [4.69, 9.17) is 24.2 Å². The van der Waals surface area contributed by atoms with Crippen LogP contribution in [0.1, 0.15) is 71.0 Å². The minimum atomic E-state index is -0.683. The number of aromatic amines is 2. The van der Waals surface area contributed by atoms with Crippen LogP contribution in [-0.4, -0.2) is 111 Å². The summed E-state index contributed by atoms with van der Waals surface area (Å²) in [6, 6.07) is 16.0. The molecule has 0 spiro atoms. The van der Waals surface area contributed by atoms with Crippen molar-refractivity contribution in [3.8, 4) is 22.4 Å². The Balaban J connectivity index is 0.00000248. The summed E-state index contributed by atoms with van der Waals surface area (Å²) in [5, 5.41) is 9.10. The summed E-state index contributed by atoms with van der Waals surface area (Å²) in [5.41, 5.74) is 7.88. The maximum Gasteiger partial charge on any atom is 0.407 e. The first-order valence-corrected chi connectivity index (χ1v) is 20.0. The molecule has 312 valence electrons. The highest BCUT2D eigenvalue weighted by Crippen LogP contribution is 2.34. The van der Waals surface area contributed by atoms with Gasteiger partial charge in [-0.05, 0) is 73.4 Å². The molecular formula is C42H63N9O6. The van der Waals surface area contributed by atoms with E-state index >= 15 is 0 Å². The van der Waals surface area contributed by atoms with Crippen molar-refractivity contribution in [1.82, 2.24) is 45.2 Å². The van der Waals surface area contributed by atoms with Crippen LogP contribution in [0, 0.1) is 11.8 Å². The molecule has 0 radical (unpaired) electrons. The molecule has 2 aliphatic rings. The first-order chi connectivity index (χ1) is 27.5. The molecule has 3 amide bonds. The van der Waals surface area contributed by atoms with Crippen LogP contribution < -0.4 is 10.6 Å². The summed E-state index contributed by atoms with van der Waals surface area (Å²) in [5.74, 6) is 0.737. The quantitative estimate of drug-likeness (QED) is 0.0894. The number of aromatic nitrogens is 5. The maximum absolute atomic E-state index is 13.6. The normalized spacial score (nSPS) is 18.5. The van der Waals surface area contributed by atoms with Gasteiger partial charge in [-0.25, -0.2) is 14.6 Å². The standard InChI is InChI=1S/C42H55N9O6.4H2/c1-25(2)35(46-41(53)55-5)23-57-24-49-17-7-9-30(49)22-51-36-16-13-28(20-34(36)48-51)31-14-12-29(21-43-31)27-11-15-32-33(19-27)45-39(44-32)37-10-8-18-50(37)40(52)38(26(3)4)47-42(54)56-6;;;;/h11-16,19-21,25-26,30,35,37-38,48H,7-10,17-18,22-24H2,1-6H3,(H,44,45)(H,46,53)(H,47,54);4*1H/t30-,35+,37-,38-;;;;/m0..../s1. The third-order valence-corrected chi connectivity index (χ3v) is 11.4. The van der Waals surface area contributed by atoms with E-state index in [1.807, 2.05) is 43.1 Å². The Bertz CT molecular complexity index is 2190. The van der Waals surface area contributed by atoms with Gasteiger partial charge in [0.2, 0.25) is 5.91 Å².